The van der Waals surface area contributed by atoms with Crippen LogP contribution in [0.15, 0.2) is 36.0 Å². The summed E-state index contributed by atoms with van der Waals surface area (Å²) in [6.07, 6.45) is 3.76. The van der Waals surface area contributed by atoms with Crippen molar-refractivity contribution in [3.63, 3.8) is 0 Å². The third-order valence-electron chi connectivity index (χ3n) is 5.98. The molecule has 0 saturated heterocycles. The number of amides is 1. The molecule has 2 heterocycles. The maximum absolute atomic E-state index is 12.4. The SMILES string of the molecule is CCN(CC)CC[C@H](C(Cc1ccc(N2C=CNN2)c(-c2csc(C)n2)c1)C(N)=O)S(=O)(=O)O. The van der Waals surface area contributed by atoms with Crippen LogP contribution in [0, 0.1) is 12.8 Å². The van der Waals surface area contributed by atoms with E-state index in [1.165, 1.54) is 11.3 Å². The Bertz CT molecular complexity index is 1130. The Labute approximate surface area is 204 Å². The lowest BCUT2D eigenvalue weighted by molar-refractivity contribution is -0.121. The summed E-state index contributed by atoms with van der Waals surface area (Å²) in [5.41, 5.74) is 14.7. The molecule has 0 spiro atoms. The number of anilines is 1. The molecule has 2 atom stereocenters. The number of hydrogen-bond acceptors (Lipinski definition) is 9. The second-order valence-electron chi connectivity index (χ2n) is 8.13. The number of nitrogens with zero attached hydrogens (tertiary/aromatic N) is 3. The van der Waals surface area contributed by atoms with Gasteiger partial charge in [0.2, 0.25) is 5.91 Å². The van der Waals surface area contributed by atoms with E-state index in [-0.39, 0.29) is 12.8 Å². The molecular weight excluding hydrogens is 476 g/mol. The maximum atomic E-state index is 12.4. The van der Waals surface area contributed by atoms with Gasteiger partial charge in [0.1, 0.15) is 0 Å². The predicted molar refractivity (Wildman–Crippen MR) is 134 cm³/mol. The fraction of sp³-hybridized carbons (Fsp3) is 0.455. The van der Waals surface area contributed by atoms with Gasteiger partial charge in [0, 0.05) is 23.3 Å². The van der Waals surface area contributed by atoms with E-state index < -0.39 is 27.2 Å². The van der Waals surface area contributed by atoms with Gasteiger partial charge in [0.25, 0.3) is 10.1 Å². The summed E-state index contributed by atoms with van der Waals surface area (Å²) < 4.78 is 34.5. The number of primary amides is 1. The van der Waals surface area contributed by atoms with Gasteiger partial charge in [0.05, 0.1) is 27.6 Å². The molecule has 3 rings (SSSR count). The van der Waals surface area contributed by atoms with Crippen molar-refractivity contribution in [1.82, 2.24) is 20.8 Å². The molecule has 12 heteroatoms. The van der Waals surface area contributed by atoms with E-state index in [1.54, 1.807) is 11.2 Å². The van der Waals surface area contributed by atoms with Crippen LogP contribution in [0.2, 0.25) is 0 Å². The van der Waals surface area contributed by atoms with Gasteiger partial charge in [-0.05, 0) is 57.1 Å². The topological polar surface area (TPSA) is 141 Å². The summed E-state index contributed by atoms with van der Waals surface area (Å²) in [7, 11) is -4.50. The molecule has 1 amide bonds. The maximum Gasteiger partial charge on any atom is 0.268 e. The zero-order chi connectivity index (χ0) is 24.9. The number of carbonyl (C=O) groups excluding carboxylic acids is 1. The van der Waals surface area contributed by atoms with Gasteiger partial charge >= 0.3 is 0 Å². The highest BCUT2D eigenvalue weighted by molar-refractivity contribution is 7.86. The molecule has 5 N–H and O–H groups in total. The van der Waals surface area contributed by atoms with Gasteiger partial charge in [-0.25, -0.2) is 4.98 Å². The highest BCUT2D eigenvalue weighted by atomic mass is 32.2. The van der Waals surface area contributed by atoms with Crippen molar-refractivity contribution in [1.29, 1.82) is 0 Å². The fourth-order valence-corrected chi connectivity index (χ4v) is 5.75. The summed E-state index contributed by atoms with van der Waals surface area (Å²) in [6, 6.07) is 5.59. The number of hydrogen-bond donors (Lipinski definition) is 4. The van der Waals surface area contributed by atoms with Crippen LogP contribution in [0.4, 0.5) is 5.69 Å². The van der Waals surface area contributed by atoms with Gasteiger partial charge in [-0.3, -0.25) is 14.4 Å². The van der Waals surface area contributed by atoms with Crippen LogP contribution in [0.25, 0.3) is 11.3 Å². The summed E-state index contributed by atoms with van der Waals surface area (Å²) in [5.74, 6) is -1.83. The van der Waals surface area contributed by atoms with Crippen molar-refractivity contribution in [2.75, 3.05) is 24.6 Å². The number of carbonyl (C=O) groups is 1. The Morgan fingerprint density at radius 1 is 1.32 bits per heavy atom. The first-order valence-corrected chi connectivity index (χ1v) is 13.5. The number of nitrogens with two attached hydrogens (primary N) is 1. The molecular formula is C22H32N6O4S2. The minimum atomic E-state index is -4.50. The predicted octanol–water partition coefficient (Wildman–Crippen LogP) is 2.05. The van der Waals surface area contributed by atoms with E-state index in [2.05, 4.69) is 15.9 Å². The number of aryl methyl sites for hydroxylation is 1. The molecule has 0 fully saturated rings. The Morgan fingerprint density at radius 3 is 2.59 bits per heavy atom. The molecule has 1 aliphatic heterocycles. The number of hydrazine groups is 2. The Morgan fingerprint density at radius 2 is 2.06 bits per heavy atom. The van der Waals surface area contributed by atoms with Crippen LogP contribution in [0.3, 0.4) is 0 Å². The number of rotatable bonds is 12. The smallest absolute Gasteiger partial charge is 0.268 e. The zero-order valence-electron chi connectivity index (χ0n) is 19.6. The standard InChI is InChI=1S/C22H32N6O4S2/c1-4-27(5-2)10-8-21(34(30,31)32)18(22(23)29)13-16-6-7-20(28-11-9-24-26-28)17(12-16)19-14-33-15(3)25-19/h6-7,9,11-12,14,18,21,24,26H,4-5,8,10,13H2,1-3H3,(H2,23,29)(H,30,31,32)/t18?,21-/m1/s1. The van der Waals surface area contributed by atoms with Gasteiger partial charge in [-0.2, -0.15) is 8.42 Å². The van der Waals surface area contributed by atoms with E-state index >= 15 is 0 Å². The quantitative estimate of drug-likeness (QED) is 0.317. The molecule has 0 bridgehead atoms. The number of thiazole rings is 1. The third kappa shape index (κ3) is 6.33. The van der Waals surface area contributed by atoms with Crippen molar-refractivity contribution in [2.45, 2.75) is 38.9 Å². The van der Waals surface area contributed by atoms with Crippen LogP contribution in [-0.4, -0.2) is 53.6 Å². The normalized spacial score (nSPS) is 15.5. The molecule has 1 aromatic carbocycles. The lowest BCUT2D eigenvalue weighted by Crippen LogP contribution is -2.42. The van der Waals surface area contributed by atoms with E-state index in [0.717, 1.165) is 40.6 Å². The summed E-state index contributed by atoms with van der Waals surface area (Å²) in [5, 5.41) is 3.36. The van der Waals surface area contributed by atoms with E-state index in [9.17, 15) is 17.8 Å². The first kappa shape index (κ1) is 26.1. The molecule has 0 radical (unpaired) electrons. The summed E-state index contributed by atoms with van der Waals surface area (Å²) in [4.78, 5) is 19.0. The van der Waals surface area contributed by atoms with Gasteiger partial charge in [-0.15, -0.1) is 16.9 Å². The Hall–Kier alpha value is -2.51. The van der Waals surface area contributed by atoms with Crippen molar-refractivity contribution < 1.29 is 17.8 Å². The monoisotopic (exact) mass is 508 g/mol. The largest absolute Gasteiger partial charge is 0.369 e. The lowest BCUT2D eigenvalue weighted by Gasteiger charge is -2.26. The Balaban J connectivity index is 1.95. The molecule has 10 nitrogen and oxygen atoms in total. The Kier molecular flexibility index (Phi) is 8.66. The zero-order valence-corrected chi connectivity index (χ0v) is 21.2. The van der Waals surface area contributed by atoms with Crippen LogP contribution < -0.4 is 21.7 Å². The molecule has 1 aromatic heterocycles. The van der Waals surface area contributed by atoms with Gasteiger partial charge < -0.3 is 16.1 Å². The first-order chi connectivity index (χ1) is 16.1. The number of aromatic nitrogens is 1. The van der Waals surface area contributed by atoms with Crippen molar-refractivity contribution >= 4 is 33.0 Å². The van der Waals surface area contributed by atoms with Crippen LogP contribution in [-0.2, 0) is 21.3 Å². The second-order valence-corrected chi connectivity index (χ2v) is 10.8. The molecule has 0 saturated carbocycles. The van der Waals surface area contributed by atoms with Gasteiger partial charge in [-0.1, -0.05) is 19.9 Å². The van der Waals surface area contributed by atoms with Gasteiger partial charge in [0.15, 0.2) is 0 Å². The van der Waals surface area contributed by atoms with Crippen LogP contribution in [0.5, 0.6) is 0 Å². The molecule has 1 unspecified atom stereocenters. The average molecular weight is 509 g/mol. The van der Waals surface area contributed by atoms with Crippen molar-refractivity contribution in [2.24, 2.45) is 11.7 Å². The van der Waals surface area contributed by atoms with E-state index in [1.807, 2.05) is 55.5 Å². The second kappa shape index (κ2) is 11.3. The van der Waals surface area contributed by atoms with E-state index in [4.69, 9.17) is 5.73 Å². The minimum absolute atomic E-state index is 0.0793. The first-order valence-electron chi connectivity index (χ1n) is 11.1. The van der Waals surface area contributed by atoms with Crippen molar-refractivity contribution in [3.05, 3.63) is 46.6 Å². The number of nitrogens with one attached hydrogen (secondary N) is 2. The molecule has 1 aliphatic rings. The fourth-order valence-electron chi connectivity index (χ4n) is 4.09. The molecule has 186 valence electrons. The highest BCUT2D eigenvalue weighted by Crippen LogP contribution is 2.34. The average Bonchev–Trinajstić information content (AvgIpc) is 3.46. The molecule has 2 aromatic rings. The van der Waals surface area contributed by atoms with Crippen LogP contribution in [0.1, 0.15) is 30.8 Å². The van der Waals surface area contributed by atoms with E-state index in [0.29, 0.717) is 6.54 Å². The lowest BCUT2D eigenvalue weighted by atomic mass is 9.92. The summed E-state index contributed by atoms with van der Waals surface area (Å²) in [6.45, 7) is 7.78. The highest BCUT2D eigenvalue weighted by Gasteiger charge is 2.36. The third-order valence-corrected chi connectivity index (χ3v) is 8.09. The number of benzene rings is 1. The molecule has 0 aliphatic carbocycles. The van der Waals surface area contributed by atoms with Crippen LogP contribution >= 0.6 is 11.3 Å². The van der Waals surface area contributed by atoms with Crippen molar-refractivity contribution in [3.8, 4) is 11.3 Å². The summed E-state index contributed by atoms with van der Waals surface area (Å²) >= 11 is 1.52. The molecule has 34 heavy (non-hydrogen) atoms. The minimum Gasteiger partial charge on any atom is -0.369 e.